The summed E-state index contributed by atoms with van der Waals surface area (Å²) in [5, 5.41) is 4.95. The number of carbonyl (C=O) groups excluding carboxylic acids is 1. The van der Waals surface area contributed by atoms with Crippen molar-refractivity contribution in [2.75, 3.05) is 5.32 Å². The quantitative estimate of drug-likeness (QED) is 0.854. The van der Waals surface area contributed by atoms with E-state index in [0.29, 0.717) is 6.42 Å². The molecule has 2 heterocycles. The number of anilines is 1. The number of amides is 1. The summed E-state index contributed by atoms with van der Waals surface area (Å²) in [6, 6.07) is 4.06. The lowest BCUT2D eigenvalue weighted by Gasteiger charge is -2.06. The summed E-state index contributed by atoms with van der Waals surface area (Å²) < 4.78 is 0. The van der Waals surface area contributed by atoms with Gasteiger partial charge in [-0.3, -0.25) is 4.79 Å². The first-order valence-corrected chi connectivity index (χ1v) is 7.28. The maximum atomic E-state index is 11.7. The van der Waals surface area contributed by atoms with Crippen LogP contribution in [-0.2, 0) is 11.2 Å². The largest absolute Gasteiger partial charge is 0.309 e. The van der Waals surface area contributed by atoms with E-state index in [4.69, 9.17) is 23.2 Å². The zero-order valence-corrected chi connectivity index (χ0v) is 12.2. The Labute approximate surface area is 124 Å². The summed E-state index contributed by atoms with van der Waals surface area (Å²) in [6.45, 7) is 0. The zero-order valence-electron chi connectivity index (χ0n) is 9.90. The summed E-state index contributed by atoms with van der Waals surface area (Å²) in [4.78, 5) is 20.6. The van der Waals surface area contributed by atoms with Crippen molar-refractivity contribution in [3.8, 4) is 0 Å². The highest BCUT2D eigenvalue weighted by atomic mass is 35.5. The van der Waals surface area contributed by atoms with Gasteiger partial charge in [0.2, 0.25) is 5.91 Å². The molecule has 1 N–H and O–H groups in total. The van der Waals surface area contributed by atoms with E-state index in [-0.39, 0.29) is 21.9 Å². The fraction of sp³-hybridized carbons (Fsp3) is 0.250. The summed E-state index contributed by atoms with van der Waals surface area (Å²) in [6.07, 6.45) is 3.34. The molecular weight excluding hydrogens is 305 g/mol. The van der Waals surface area contributed by atoms with E-state index >= 15 is 0 Å². The molecule has 0 atom stereocenters. The van der Waals surface area contributed by atoms with Crippen LogP contribution in [0.2, 0.25) is 10.2 Å². The summed E-state index contributed by atoms with van der Waals surface area (Å²) in [5.74, 6) is 0.121. The predicted octanol–water partition coefficient (Wildman–Crippen LogP) is 3.81. The van der Waals surface area contributed by atoms with Crippen LogP contribution in [0.5, 0.6) is 0 Å². The number of nitrogens with one attached hydrogen (secondary N) is 1. The van der Waals surface area contributed by atoms with Gasteiger partial charge in [0.1, 0.15) is 11.3 Å². The summed E-state index contributed by atoms with van der Waals surface area (Å²) >= 11 is 13.3. The molecule has 0 spiro atoms. The molecule has 0 fully saturated rings. The normalized spacial score (nSPS) is 10.4. The molecule has 2 rings (SSSR count). The number of rotatable bonds is 5. The van der Waals surface area contributed by atoms with Gasteiger partial charge in [-0.2, -0.15) is 0 Å². The van der Waals surface area contributed by atoms with Gasteiger partial charge >= 0.3 is 0 Å². The second-order valence-electron chi connectivity index (χ2n) is 3.81. The molecule has 0 radical (unpaired) electrons. The summed E-state index contributed by atoms with van der Waals surface area (Å²) in [7, 11) is 0. The van der Waals surface area contributed by atoms with Crippen LogP contribution in [0.25, 0.3) is 0 Å². The van der Waals surface area contributed by atoms with Gasteiger partial charge in [0.25, 0.3) is 0 Å². The number of halogens is 2. The van der Waals surface area contributed by atoms with Gasteiger partial charge in [0, 0.05) is 11.3 Å². The number of aryl methyl sites for hydroxylation is 1. The number of hydrogen-bond acceptors (Lipinski definition) is 4. The van der Waals surface area contributed by atoms with Crippen LogP contribution in [0.4, 0.5) is 5.82 Å². The molecule has 0 aliphatic rings. The molecule has 0 aliphatic heterocycles. The third-order valence-electron chi connectivity index (χ3n) is 2.41. The number of nitrogens with zero attached hydrogens (tertiary/aromatic N) is 2. The first kappa shape index (κ1) is 14.2. The second-order valence-corrected chi connectivity index (χ2v) is 5.58. The van der Waals surface area contributed by atoms with Gasteiger partial charge in [-0.05, 0) is 24.3 Å². The minimum absolute atomic E-state index is 0.130. The number of aromatic nitrogens is 2. The van der Waals surface area contributed by atoms with Crippen molar-refractivity contribution in [2.24, 2.45) is 0 Å². The highest BCUT2D eigenvalue weighted by Gasteiger charge is 2.10. The van der Waals surface area contributed by atoms with E-state index in [1.54, 1.807) is 11.3 Å². The molecule has 2 aromatic rings. The Bertz CT molecular complexity index is 560. The van der Waals surface area contributed by atoms with Gasteiger partial charge in [-0.25, -0.2) is 9.97 Å². The Hall–Kier alpha value is -1.17. The number of hydrogen-bond donors (Lipinski definition) is 1. The monoisotopic (exact) mass is 315 g/mol. The van der Waals surface area contributed by atoms with E-state index in [9.17, 15) is 4.79 Å². The van der Waals surface area contributed by atoms with Crippen LogP contribution < -0.4 is 5.32 Å². The molecular formula is C12H11Cl2N3OS. The van der Waals surface area contributed by atoms with Crippen molar-refractivity contribution in [3.05, 3.63) is 38.9 Å². The third kappa shape index (κ3) is 4.16. The lowest BCUT2D eigenvalue weighted by molar-refractivity contribution is -0.116. The molecule has 0 saturated carbocycles. The standard InChI is InChI=1S/C12H11Cl2N3OS/c13-10-11(14)15-7-16-12(10)17-9(18)5-1-3-8-4-2-6-19-8/h2,4,6-7H,1,3,5H2,(H,15,16,17,18). The molecule has 1 amide bonds. The minimum Gasteiger partial charge on any atom is -0.309 e. The zero-order chi connectivity index (χ0) is 13.7. The fourth-order valence-corrected chi connectivity index (χ4v) is 2.54. The smallest absolute Gasteiger partial charge is 0.225 e. The topological polar surface area (TPSA) is 54.9 Å². The first-order valence-electron chi connectivity index (χ1n) is 5.65. The van der Waals surface area contributed by atoms with Gasteiger partial charge < -0.3 is 5.32 Å². The highest BCUT2D eigenvalue weighted by Crippen LogP contribution is 2.25. The van der Waals surface area contributed by atoms with Crippen molar-refractivity contribution >= 4 is 46.3 Å². The molecule has 7 heteroatoms. The Morgan fingerprint density at radius 1 is 1.37 bits per heavy atom. The predicted molar refractivity (Wildman–Crippen MR) is 77.9 cm³/mol. The molecule has 4 nitrogen and oxygen atoms in total. The maximum Gasteiger partial charge on any atom is 0.225 e. The van der Waals surface area contributed by atoms with E-state index in [1.165, 1.54) is 11.2 Å². The van der Waals surface area contributed by atoms with Crippen molar-refractivity contribution in [1.82, 2.24) is 9.97 Å². The van der Waals surface area contributed by atoms with Crippen LogP contribution in [0, 0.1) is 0 Å². The lowest BCUT2D eigenvalue weighted by Crippen LogP contribution is -2.13. The average molecular weight is 316 g/mol. The van der Waals surface area contributed by atoms with Gasteiger partial charge in [-0.15, -0.1) is 11.3 Å². The minimum atomic E-state index is -0.131. The van der Waals surface area contributed by atoms with Crippen LogP contribution in [0.3, 0.4) is 0 Å². The van der Waals surface area contributed by atoms with Gasteiger partial charge in [0.15, 0.2) is 11.0 Å². The van der Waals surface area contributed by atoms with Gasteiger partial charge in [0.05, 0.1) is 0 Å². The van der Waals surface area contributed by atoms with Crippen LogP contribution in [0.1, 0.15) is 17.7 Å². The molecule has 0 saturated heterocycles. The Kier molecular flexibility index (Phi) is 5.13. The van der Waals surface area contributed by atoms with E-state index in [2.05, 4.69) is 21.4 Å². The van der Waals surface area contributed by atoms with Crippen LogP contribution in [-0.4, -0.2) is 15.9 Å². The average Bonchev–Trinajstić information content (AvgIpc) is 2.88. The summed E-state index contributed by atoms with van der Waals surface area (Å²) in [5.41, 5.74) is 0. The van der Waals surface area contributed by atoms with Crippen molar-refractivity contribution in [2.45, 2.75) is 19.3 Å². The molecule has 0 aliphatic carbocycles. The Balaban J connectivity index is 1.82. The molecule has 0 aromatic carbocycles. The van der Waals surface area contributed by atoms with Crippen molar-refractivity contribution < 1.29 is 4.79 Å². The lowest BCUT2D eigenvalue weighted by atomic mass is 10.2. The third-order valence-corrected chi connectivity index (χ3v) is 4.09. The van der Waals surface area contributed by atoms with Crippen molar-refractivity contribution in [1.29, 1.82) is 0 Å². The van der Waals surface area contributed by atoms with Gasteiger partial charge in [-0.1, -0.05) is 29.3 Å². The highest BCUT2D eigenvalue weighted by molar-refractivity contribution is 7.09. The van der Waals surface area contributed by atoms with Crippen LogP contribution in [0.15, 0.2) is 23.8 Å². The maximum absolute atomic E-state index is 11.7. The Morgan fingerprint density at radius 3 is 2.95 bits per heavy atom. The molecule has 0 bridgehead atoms. The van der Waals surface area contributed by atoms with Crippen molar-refractivity contribution in [3.63, 3.8) is 0 Å². The van der Waals surface area contributed by atoms with E-state index < -0.39 is 0 Å². The second kappa shape index (κ2) is 6.84. The first-order chi connectivity index (χ1) is 9.16. The van der Waals surface area contributed by atoms with Crippen LogP contribution >= 0.6 is 34.5 Å². The number of thiophene rings is 1. The number of carbonyl (C=O) groups is 1. The van der Waals surface area contributed by atoms with E-state index in [1.807, 2.05) is 11.4 Å². The van der Waals surface area contributed by atoms with E-state index in [0.717, 1.165) is 12.8 Å². The molecule has 2 aromatic heterocycles. The SMILES string of the molecule is O=C(CCCc1cccs1)Nc1ncnc(Cl)c1Cl. The molecule has 19 heavy (non-hydrogen) atoms. The Morgan fingerprint density at radius 2 is 2.21 bits per heavy atom. The molecule has 0 unspecified atom stereocenters. The fourth-order valence-electron chi connectivity index (χ4n) is 1.51. The molecule has 100 valence electrons.